The molecule has 1 amide bonds. The number of nitrogens with one attached hydrogen (secondary N) is 1. The molecule has 0 bridgehead atoms. The number of benzene rings is 3. The van der Waals surface area contributed by atoms with Gasteiger partial charge in [0.15, 0.2) is 0 Å². The van der Waals surface area contributed by atoms with E-state index in [2.05, 4.69) is 5.32 Å². The number of carbonyl (C=O) groups excluding carboxylic acids is 1. The Kier molecular flexibility index (Phi) is 9.64. The summed E-state index contributed by atoms with van der Waals surface area (Å²) in [6, 6.07) is 17.7. The van der Waals surface area contributed by atoms with Gasteiger partial charge in [-0.25, -0.2) is 8.42 Å². The third-order valence-corrected chi connectivity index (χ3v) is 10.6. The van der Waals surface area contributed by atoms with Gasteiger partial charge in [0.1, 0.15) is 6.04 Å². The summed E-state index contributed by atoms with van der Waals surface area (Å²) in [6.45, 7) is 2.17. The number of piperidine rings is 1. The quantitative estimate of drug-likeness (QED) is 0.289. The van der Waals surface area contributed by atoms with E-state index in [1.165, 1.54) is 10.6 Å². The van der Waals surface area contributed by atoms with Gasteiger partial charge in [0.25, 0.3) is 0 Å². The van der Waals surface area contributed by atoms with Crippen LogP contribution >= 0.6 is 46.4 Å². The number of nitrogens with zero attached hydrogens (tertiary/aromatic N) is 2. The molecule has 3 aromatic rings. The molecule has 0 aliphatic carbocycles. The number of carbonyl (C=O) groups is 1. The van der Waals surface area contributed by atoms with E-state index in [0.717, 1.165) is 22.4 Å². The van der Waals surface area contributed by atoms with Crippen LogP contribution in [0.25, 0.3) is 0 Å². The molecule has 1 spiro atoms. The van der Waals surface area contributed by atoms with Crippen molar-refractivity contribution in [2.45, 2.75) is 37.5 Å². The maximum absolute atomic E-state index is 13.8. The third kappa shape index (κ3) is 6.86. The summed E-state index contributed by atoms with van der Waals surface area (Å²) in [5.41, 5.74) is 3.16. The lowest BCUT2D eigenvalue weighted by atomic mass is 9.74. The van der Waals surface area contributed by atoms with E-state index < -0.39 is 16.1 Å². The van der Waals surface area contributed by atoms with Gasteiger partial charge in [0, 0.05) is 31.6 Å². The van der Waals surface area contributed by atoms with E-state index in [1.807, 2.05) is 41.3 Å². The molecule has 1 atom stereocenters. The van der Waals surface area contributed by atoms with Crippen LogP contribution in [0.2, 0.25) is 20.1 Å². The maximum atomic E-state index is 13.8. The molecule has 42 heavy (non-hydrogen) atoms. The largest absolute Gasteiger partial charge is 0.375 e. The topological polar surface area (TPSA) is 79.0 Å². The van der Waals surface area contributed by atoms with Crippen LogP contribution in [0.1, 0.15) is 29.5 Å². The minimum Gasteiger partial charge on any atom is -0.375 e. The Morgan fingerprint density at radius 1 is 0.929 bits per heavy atom. The number of para-hydroxylation sites is 1. The maximum Gasteiger partial charge on any atom is 0.242 e. The molecule has 0 radical (unpaired) electrons. The summed E-state index contributed by atoms with van der Waals surface area (Å²) in [5, 5.41) is 5.14. The average molecular weight is 671 g/mol. The fourth-order valence-electron chi connectivity index (χ4n) is 5.72. The highest BCUT2D eigenvalue weighted by Gasteiger charge is 2.47. The molecular formula is C30H31Cl4N3O4S. The third-order valence-electron chi connectivity index (χ3n) is 7.99. The summed E-state index contributed by atoms with van der Waals surface area (Å²) >= 11 is 24.5. The molecule has 2 aliphatic rings. The van der Waals surface area contributed by atoms with E-state index in [1.54, 1.807) is 24.3 Å². The lowest BCUT2D eigenvalue weighted by Crippen LogP contribution is -2.54. The van der Waals surface area contributed by atoms with Crippen LogP contribution in [0.15, 0.2) is 60.7 Å². The first kappa shape index (κ1) is 31.4. The van der Waals surface area contributed by atoms with Crippen molar-refractivity contribution < 1.29 is 17.9 Å². The monoisotopic (exact) mass is 669 g/mol. The molecule has 1 fully saturated rings. The minimum absolute atomic E-state index is 0.0784. The van der Waals surface area contributed by atoms with Crippen molar-refractivity contribution in [3.05, 3.63) is 97.4 Å². The zero-order chi connectivity index (χ0) is 30.1. The second-order valence-corrected chi connectivity index (χ2v) is 14.4. The second kappa shape index (κ2) is 12.9. The average Bonchev–Trinajstić information content (AvgIpc) is 3.29. The number of sulfonamides is 1. The van der Waals surface area contributed by atoms with E-state index in [9.17, 15) is 13.2 Å². The predicted octanol–water partition coefficient (Wildman–Crippen LogP) is 6.32. The Hall–Kier alpha value is -2.04. The van der Waals surface area contributed by atoms with E-state index in [-0.39, 0.29) is 24.5 Å². The van der Waals surface area contributed by atoms with Gasteiger partial charge >= 0.3 is 0 Å². The van der Waals surface area contributed by atoms with Gasteiger partial charge < -0.3 is 9.64 Å². The Bertz CT molecular complexity index is 1580. The van der Waals surface area contributed by atoms with Crippen LogP contribution < -0.4 is 9.62 Å². The number of ether oxygens (including phenoxy) is 1. The number of anilines is 1. The van der Waals surface area contributed by atoms with Crippen LogP contribution in [0.3, 0.4) is 0 Å². The molecule has 1 N–H and O–H groups in total. The van der Waals surface area contributed by atoms with Gasteiger partial charge in [-0.1, -0.05) is 76.7 Å². The highest BCUT2D eigenvalue weighted by Crippen LogP contribution is 2.47. The number of hydrogen-bond donors (Lipinski definition) is 1. The van der Waals surface area contributed by atoms with Gasteiger partial charge in [-0.2, -0.15) is 0 Å². The van der Waals surface area contributed by atoms with Crippen molar-refractivity contribution in [1.82, 2.24) is 10.2 Å². The number of halogens is 4. The minimum atomic E-state index is -3.42. The summed E-state index contributed by atoms with van der Waals surface area (Å²) < 4.78 is 32.6. The Morgan fingerprint density at radius 2 is 1.55 bits per heavy atom. The number of amides is 1. The van der Waals surface area contributed by atoms with Crippen LogP contribution in [-0.2, 0) is 38.1 Å². The number of likely N-dealkylation sites (tertiary alicyclic amines) is 1. The zero-order valence-electron chi connectivity index (χ0n) is 23.0. The van der Waals surface area contributed by atoms with E-state index in [0.29, 0.717) is 59.1 Å². The van der Waals surface area contributed by atoms with Crippen molar-refractivity contribution in [3.8, 4) is 0 Å². The molecule has 224 valence electrons. The zero-order valence-corrected chi connectivity index (χ0v) is 26.8. The van der Waals surface area contributed by atoms with E-state index >= 15 is 0 Å². The van der Waals surface area contributed by atoms with Gasteiger partial charge in [0.05, 0.1) is 45.2 Å². The van der Waals surface area contributed by atoms with Crippen molar-refractivity contribution in [1.29, 1.82) is 0 Å². The highest BCUT2D eigenvalue weighted by molar-refractivity contribution is 7.92. The van der Waals surface area contributed by atoms with E-state index in [4.69, 9.17) is 51.1 Å². The molecule has 7 nitrogen and oxygen atoms in total. The molecular weight excluding hydrogens is 640 g/mol. The highest BCUT2D eigenvalue weighted by atomic mass is 35.5. The molecule has 2 aliphatic heterocycles. The Balaban J connectivity index is 1.28. The van der Waals surface area contributed by atoms with Crippen LogP contribution in [0.4, 0.5) is 5.69 Å². The van der Waals surface area contributed by atoms with Gasteiger partial charge in [-0.05, 0) is 59.9 Å². The van der Waals surface area contributed by atoms with Crippen molar-refractivity contribution >= 4 is 68.0 Å². The van der Waals surface area contributed by atoms with Crippen molar-refractivity contribution in [2.75, 3.05) is 36.8 Å². The molecule has 0 saturated carbocycles. The molecule has 2 heterocycles. The molecule has 0 unspecified atom stereocenters. The fraction of sp³-hybridized carbons (Fsp3) is 0.367. The standard InChI is InChI=1S/C30H31Cl4N3O4S/c1-42(39,40)37-19-30(22-4-2-3-5-28(22)37)10-12-36(13-11-30)29(38)27(35-16-20-6-8-23(31)25(33)14-20)18-41-17-21-7-9-24(32)26(34)15-21/h2-9,14-15,27,35H,10-13,16-19H2,1H3/t27-/m0/s1. The SMILES string of the molecule is CS(=O)(=O)N1CC2(CCN(C(=O)[C@H](COCc3ccc(Cl)c(Cl)c3)NCc3ccc(Cl)c(Cl)c3)CC2)c2ccccc21. The first-order valence-corrected chi connectivity index (χ1v) is 16.9. The first-order chi connectivity index (χ1) is 20.0. The number of fused-ring (bicyclic) bond motifs is 2. The summed E-state index contributed by atoms with van der Waals surface area (Å²) in [5.74, 6) is -0.0784. The number of hydrogen-bond acceptors (Lipinski definition) is 5. The molecule has 3 aromatic carbocycles. The van der Waals surface area contributed by atoms with Crippen LogP contribution in [0.5, 0.6) is 0 Å². The van der Waals surface area contributed by atoms with Gasteiger partial charge in [-0.3, -0.25) is 14.4 Å². The number of rotatable bonds is 9. The lowest BCUT2D eigenvalue weighted by molar-refractivity contribution is -0.136. The molecule has 12 heteroatoms. The Labute approximate surface area is 266 Å². The molecule has 1 saturated heterocycles. The summed E-state index contributed by atoms with van der Waals surface area (Å²) in [6.07, 6.45) is 2.56. The summed E-state index contributed by atoms with van der Waals surface area (Å²) in [4.78, 5) is 15.7. The smallest absolute Gasteiger partial charge is 0.242 e. The van der Waals surface area contributed by atoms with Gasteiger partial charge in [0.2, 0.25) is 15.9 Å². The summed E-state index contributed by atoms with van der Waals surface area (Å²) in [7, 11) is -3.42. The normalized spacial score (nSPS) is 17.0. The van der Waals surface area contributed by atoms with Crippen LogP contribution in [0, 0.1) is 0 Å². The Morgan fingerprint density at radius 3 is 2.19 bits per heavy atom. The van der Waals surface area contributed by atoms with Gasteiger partial charge in [-0.15, -0.1) is 0 Å². The van der Waals surface area contributed by atoms with Crippen LogP contribution in [-0.4, -0.2) is 57.8 Å². The predicted molar refractivity (Wildman–Crippen MR) is 169 cm³/mol. The first-order valence-electron chi connectivity index (χ1n) is 13.5. The van der Waals surface area contributed by atoms with Crippen molar-refractivity contribution in [3.63, 3.8) is 0 Å². The second-order valence-electron chi connectivity index (χ2n) is 10.8. The van der Waals surface area contributed by atoms with Crippen molar-refractivity contribution in [2.24, 2.45) is 0 Å². The lowest BCUT2D eigenvalue weighted by Gasteiger charge is -2.41. The molecule has 5 rings (SSSR count). The molecule has 0 aromatic heterocycles. The fourth-order valence-corrected chi connectivity index (χ4v) is 7.36.